The van der Waals surface area contributed by atoms with Crippen LogP contribution in [0.2, 0.25) is 0 Å². The van der Waals surface area contributed by atoms with Crippen molar-refractivity contribution in [3.63, 3.8) is 0 Å². The Morgan fingerprint density at radius 2 is 1.27 bits per heavy atom. The predicted molar refractivity (Wildman–Crippen MR) is 148 cm³/mol. The Kier molecular flexibility index (Phi) is 6.65. The highest BCUT2D eigenvalue weighted by molar-refractivity contribution is 6.32. The SMILES string of the molecule is Cc1cc(=O)c2c(O)c3c(cc2o1)OCC(C)CC3.Cc1cc(O)c2c(c1O)C(=O)c1c(O)cc(C)c(O)c1C2=O. The van der Waals surface area contributed by atoms with E-state index in [1.807, 2.05) is 0 Å². The Labute approximate surface area is 233 Å². The van der Waals surface area contributed by atoms with Gasteiger partial charge in [0.2, 0.25) is 11.6 Å². The summed E-state index contributed by atoms with van der Waals surface area (Å²) in [7, 11) is 0. The van der Waals surface area contributed by atoms with Crippen LogP contribution in [0.5, 0.6) is 34.5 Å². The lowest BCUT2D eigenvalue weighted by atomic mass is 9.80. The minimum Gasteiger partial charge on any atom is -0.507 e. The number of rotatable bonds is 0. The Morgan fingerprint density at radius 3 is 1.80 bits per heavy atom. The fraction of sp³-hybridized carbons (Fsp3) is 0.258. The molecule has 1 aliphatic carbocycles. The Balaban J connectivity index is 0.000000166. The fourth-order valence-electron chi connectivity index (χ4n) is 5.25. The maximum Gasteiger partial charge on any atom is 0.202 e. The molecule has 1 aromatic heterocycles. The Bertz CT molecular complexity index is 1770. The summed E-state index contributed by atoms with van der Waals surface area (Å²) in [5.74, 6) is -1.85. The van der Waals surface area contributed by atoms with E-state index in [9.17, 15) is 39.9 Å². The molecular formula is C31H28O10. The highest BCUT2D eigenvalue weighted by atomic mass is 16.5. The quantitative estimate of drug-likeness (QED) is 0.167. The van der Waals surface area contributed by atoms with E-state index in [1.165, 1.54) is 19.9 Å². The van der Waals surface area contributed by atoms with Gasteiger partial charge in [0, 0.05) is 17.7 Å². The van der Waals surface area contributed by atoms with Crippen LogP contribution in [-0.4, -0.2) is 43.7 Å². The van der Waals surface area contributed by atoms with Gasteiger partial charge >= 0.3 is 0 Å². The minimum atomic E-state index is -0.825. The van der Waals surface area contributed by atoms with Gasteiger partial charge in [0.25, 0.3) is 0 Å². The lowest BCUT2D eigenvalue weighted by Crippen LogP contribution is -2.22. The summed E-state index contributed by atoms with van der Waals surface area (Å²) in [5, 5.41) is 50.7. The summed E-state index contributed by atoms with van der Waals surface area (Å²) in [6.07, 6.45) is 1.65. The zero-order chi connectivity index (χ0) is 29.9. The molecule has 5 N–H and O–H groups in total. The molecule has 41 heavy (non-hydrogen) atoms. The first kappa shape index (κ1) is 27.6. The van der Waals surface area contributed by atoms with Crippen molar-refractivity contribution in [3.05, 3.63) is 79.2 Å². The molecule has 0 fully saturated rings. The lowest BCUT2D eigenvalue weighted by Gasteiger charge is -2.22. The number of ether oxygens (including phenoxy) is 1. The molecule has 10 heteroatoms. The number of phenols is 5. The van der Waals surface area contributed by atoms with E-state index in [-0.39, 0.29) is 49.9 Å². The highest BCUT2D eigenvalue weighted by Gasteiger charge is 2.39. The molecule has 1 aliphatic heterocycles. The second-order valence-electron chi connectivity index (χ2n) is 10.5. The summed E-state index contributed by atoms with van der Waals surface area (Å²) in [4.78, 5) is 37.1. The zero-order valence-electron chi connectivity index (χ0n) is 22.8. The van der Waals surface area contributed by atoms with Gasteiger partial charge in [-0.1, -0.05) is 6.92 Å². The molecule has 0 saturated carbocycles. The minimum absolute atomic E-state index is 0.00958. The van der Waals surface area contributed by atoms with Gasteiger partial charge in [-0.3, -0.25) is 14.4 Å². The molecule has 4 aromatic rings. The van der Waals surface area contributed by atoms with Crippen LogP contribution in [0, 0.1) is 26.7 Å². The van der Waals surface area contributed by atoms with E-state index in [1.54, 1.807) is 13.0 Å². The van der Waals surface area contributed by atoms with Crippen LogP contribution in [0.15, 0.2) is 33.5 Å². The van der Waals surface area contributed by atoms with E-state index in [0.717, 1.165) is 18.6 Å². The number of aryl methyl sites for hydroxylation is 3. The number of carbonyl (C=O) groups is 2. The molecule has 0 radical (unpaired) electrons. The van der Waals surface area contributed by atoms with Gasteiger partial charge in [0.05, 0.1) is 28.9 Å². The average Bonchev–Trinajstić information content (AvgIpc) is 3.08. The number of phenolic OH excluding ortho intramolecular Hbond substituents is 5. The van der Waals surface area contributed by atoms with Crippen molar-refractivity contribution in [2.24, 2.45) is 5.92 Å². The average molecular weight is 561 g/mol. The summed E-state index contributed by atoms with van der Waals surface area (Å²) >= 11 is 0. The molecule has 0 saturated heterocycles. The summed E-state index contributed by atoms with van der Waals surface area (Å²) in [6.45, 7) is 7.38. The van der Waals surface area contributed by atoms with Gasteiger partial charge in [-0.05, 0) is 62.8 Å². The largest absolute Gasteiger partial charge is 0.507 e. The van der Waals surface area contributed by atoms with Crippen LogP contribution < -0.4 is 10.2 Å². The number of hydrogen-bond donors (Lipinski definition) is 5. The van der Waals surface area contributed by atoms with Crippen LogP contribution in [0.3, 0.4) is 0 Å². The topological polar surface area (TPSA) is 175 Å². The van der Waals surface area contributed by atoms with Crippen molar-refractivity contribution >= 4 is 22.5 Å². The third-order valence-corrected chi connectivity index (χ3v) is 7.44. The molecule has 2 aliphatic rings. The molecule has 6 rings (SSSR count). The molecule has 1 atom stereocenters. The first-order valence-corrected chi connectivity index (χ1v) is 12.9. The van der Waals surface area contributed by atoms with Gasteiger partial charge in [0.1, 0.15) is 51.2 Å². The van der Waals surface area contributed by atoms with Crippen LogP contribution in [0.1, 0.15) is 67.6 Å². The molecular weight excluding hydrogens is 532 g/mol. The van der Waals surface area contributed by atoms with Crippen molar-refractivity contribution in [1.29, 1.82) is 0 Å². The van der Waals surface area contributed by atoms with Crippen molar-refractivity contribution in [3.8, 4) is 34.5 Å². The zero-order valence-corrected chi connectivity index (χ0v) is 22.8. The van der Waals surface area contributed by atoms with Crippen LogP contribution in [0.25, 0.3) is 11.0 Å². The predicted octanol–water partition coefficient (Wildman–Crippen LogP) is 4.67. The monoisotopic (exact) mass is 560 g/mol. The first-order valence-electron chi connectivity index (χ1n) is 12.9. The molecule has 1 unspecified atom stereocenters. The molecule has 212 valence electrons. The second kappa shape index (κ2) is 9.88. The standard InChI is InChI=1S/C16H12O6.C15H16O4/c1-5-3-7(17)9-11(13(5)19)15(21)10-8(18)4-6(2)14(20)12(10)16(9)22;1-8-3-4-10-12(18-7-8)6-13-14(15(10)17)11(16)5-9(2)19-13/h3-4,17-20H,1-2H3;5-6,8,17H,3-4,7H2,1-2H3. The van der Waals surface area contributed by atoms with Gasteiger partial charge in [0.15, 0.2) is 5.43 Å². The second-order valence-corrected chi connectivity index (χ2v) is 10.5. The van der Waals surface area contributed by atoms with E-state index < -0.39 is 34.6 Å². The molecule has 0 amide bonds. The van der Waals surface area contributed by atoms with E-state index in [2.05, 4.69) is 6.92 Å². The summed E-state index contributed by atoms with van der Waals surface area (Å²) in [6, 6.07) is 5.44. The number of ketones is 2. The maximum atomic E-state index is 12.6. The van der Waals surface area contributed by atoms with Crippen LogP contribution in [-0.2, 0) is 6.42 Å². The van der Waals surface area contributed by atoms with E-state index in [0.29, 0.717) is 41.6 Å². The normalized spacial score (nSPS) is 15.7. The van der Waals surface area contributed by atoms with Crippen LogP contribution in [0.4, 0.5) is 0 Å². The Morgan fingerprint density at radius 1 is 0.732 bits per heavy atom. The van der Waals surface area contributed by atoms with Gasteiger partial charge in [-0.15, -0.1) is 0 Å². The third kappa shape index (κ3) is 4.41. The molecule has 3 aromatic carbocycles. The lowest BCUT2D eigenvalue weighted by molar-refractivity contribution is 0.0969. The smallest absolute Gasteiger partial charge is 0.202 e. The molecule has 0 spiro atoms. The van der Waals surface area contributed by atoms with Crippen LogP contribution >= 0.6 is 0 Å². The summed E-state index contributed by atoms with van der Waals surface area (Å²) < 4.78 is 11.2. The number of fused-ring (bicyclic) bond motifs is 4. The molecule has 2 heterocycles. The van der Waals surface area contributed by atoms with E-state index in [4.69, 9.17) is 9.15 Å². The van der Waals surface area contributed by atoms with Gasteiger partial charge in [-0.25, -0.2) is 0 Å². The third-order valence-electron chi connectivity index (χ3n) is 7.44. The van der Waals surface area contributed by atoms with Crippen molar-refractivity contribution in [2.75, 3.05) is 6.61 Å². The maximum absolute atomic E-state index is 12.6. The van der Waals surface area contributed by atoms with E-state index >= 15 is 0 Å². The molecule has 10 nitrogen and oxygen atoms in total. The highest BCUT2D eigenvalue weighted by Crippen LogP contribution is 2.45. The number of hydrogen-bond acceptors (Lipinski definition) is 10. The molecule has 0 bridgehead atoms. The number of aromatic hydroxyl groups is 5. The summed E-state index contributed by atoms with van der Waals surface area (Å²) in [5.41, 5.74) is -0.155. The van der Waals surface area contributed by atoms with Crippen molar-refractivity contribution < 1.29 is 44.3 Å². The fourth-order valence-corrected chi connectivity index (χ4v) is 5.25. The van der Waals surface area contributed by atoms with Crippen molar-refractivity contribution in [1.82, 2.24) is 0 Å². The number of benzene rings is 3. The number of carbonyl (C=O) groups excluding carboxylic acids is 2. The van der Waals surface area contributed by atoms with Gasteiger partial charge < -0.3 is 34.7 Å². The Hall–Kier alpha value is -4.99. The first-order chi connectivity index (χ1) is 19.3. The van der Waals surface area contributed by atoms with Crippen molar-refractivity contribution in [2.45, 2.75) is 40.5 Å². The van der Waals surface area contributed by atoms with Gasteiger partial charge in [-0.2, -0.15) is 0 Å².